The third-order valence-electron chi connectivity index (χ3n) is 3.29. The van der Waals surface area contributed by atoms with Gasteiger partial charge in [-0.1, -0.05) is 24.3 Å². The molecule has 0 aliphatic carbocycles. The van der Waals surface area contributed by atoms with Crippen molar-refractivity contribution in [2.24, 2.45) is 0 Å². The Bertz CT molecular complexity index is 758. The Balaban J connectivity index is 0.000000174. The summed E-state index contributed by atoms with van der Waals surface area (Å²) in [7, 11) is 0. The average molecular weight is 298 g/mol. The Kier molecular flexibility index (Phi) is 3.42. The molecule has 0 radical (unpaired) electrons. The molecule has 4 rings (SSSR count). The topological polar surface area (TPSA) is 86.7 Å². The highest BCUT2D eigenvalue weighted by Gasteiger charge is 2.26. The predicted molar refractivity (Wildman–Crippen MR) is 74.0 cm³/mol. The molecule has 2 aromatic rings. The molecule has 0 unspecified atom stereocenters. The van der Waals surface area contributed by atoms with Gasteiger partial charge in [0.25, 0.3) is 0 Å². The number of hydrogen-bond donors (Lipinski definition) is 0. The third-order valence-corrected chi connectivity index (χ3v) is 3.29. The van der Waals surface area contributed by atoms with E-state index < -0.39 is 23.9 Å². The molecule has 1 saturated heterocycles. The second kappa shape index (κ2) is 5.40. The molecule has 0 atom stereocenters. The van der Waals surface area contributed by atoms with E-state index in [1.807, 2.05) is 12.1 Å². The first-order chi connectivity index (χ1) is 10.6. The van der Waals surface area contributed by atoms with Gasteiger partial charge in [0.2, 0.25) is 0 Å². The summed E-state index contributed by atoms with van der Waals surface area (Å²) in [5.41, 5.74) is 0.922. The van der Waals surface area contributed by atoms with Crippen molar-refractivity contribution in [1.82, 2.24) is 0 Å². The molecule has 6 nitrogen and oxygen atoms in total. The second-order valence-electron chi connectivity index (χ2n) is 4.73. The Morgan fingerprint density at radius 2 is 1.18 bits per heavy atom. The van der Waals surface area contributed by atoms with Crippen LogP contribution in [0, 0.1) is 0 Å². The van der Waals surface area contributed by atoms with Crippen molar-refractivity contribution in [3.63, 3.8) is 0 Å². The molecule has 0 aromatic heterocycles. The molecule has 0 bridgehead atoms. The highest BCUT2D eigenvalue weighted by molar-refractivity contribution is 6.20. The van der Waals surface area contributed by atoms with E-state index in [1.165, 1.54) is 0 Å². The van der Waals surface area contributed by atoms with E-state index in [-0.39, 0.29) is 12.8 Å². The van der Waals surface area contributed by atoms with Gasteiger partial charge in [-0.2, -0.15) is 0 Å². The van der Waals surface area contributed by atoms with Crippen molar-refractivity contribution < 1.29 is 28.7 Å². The zero-order valence-corrected chi connectivity index (χ0v) is 11.3. The fourth-order valence-corrected chi connectivity index (χ4v) is 2.31. The van der Waals surface area contributed by atoms with Crippen LogP contribution in [-0.4, -0.2) is 23.9 Å². The van der Waals surface area contributed by atoms with Crippen LogP contribution in [0.25, 0.3) is 10.8 Å². The lowest BCUT2D eigenvalue weighted by molar-refractivity contribution is -0.151. The lowest BCUT2D eigenvalue weighted by Gasteiger charge is -2.14. The van der Waals surface area contributed by atoms with Crippen LogP contribution < -0.4 is 0 Å². The smallest absolute Gasteiger partial charge is 0.346 e. The quantitative estimate of drug-likeness (QED) is 0.546. The van der Waals surface area contributed by atoms with Gasteiger partial charge in [0.15, 0.2) is 0 Å². The fourth-order valence-electron chi connectivity index (χ4n) is 2.31. The molecule has 2 aromatic carbocycles. The Labute approximate surface area is 124 Å². The SMILES string of the molecule is O=C1CCC(=O)O1.O=C1OC(=O)c2cccc3cccc1c23. The first-order valence-electron chi connectivity index (χ1n) is 6.58. The van der Waals surface area contributed by atoms with E-state index in [9.17, 15) is 19.2 Å². The van der Waals surface area contributed by atoms with Gasteiger partial charge in [0.05, 0.1) is 24.0 Å². The summed E-state index contributed by atoms with van der Waals surface area (Å²) in [6.45, 7) is 0. The minimum absolute atomic E-state index is 0.263. The van der Waals surface area contributed by atoms with E-state index in [0.717, 1.165) is 5.39 Å². The highest BCUT2D eigenvalue weighted by atomic mass is 16.6. The van der Waals surface area contributed by atoms with Crippen LogP contribution in [0.2, 0.25) is 0 Å². The maximum atomic E-state index is 11.4. The Hall–Kier alpha value is -3.02. The number of benzene rings is 2. The van der Waals surface area contributed by atoms with E-state index in [4.69, 9.17) is 0 Å². The number of carbonyl (C=O) groups is 4. The van der Waals surface area contributed by atoms with Crippen molar-refractivity contribution in [1.29, 1.82) is 0 Å². The highest BCUT2D eigenvalue weighted by Crippen LogP contribution is 2.28. The van der Waals surface area contributed by atoms with Crippen LogP contribution in [0.5, 0.6) is 0 Å². The predicted octanol–water partition coefficient (Wildman–Crippen LogP) is 2.00. The summed E-state index contributed by atoms with van der Waals surface area (Å²) in [5.74, 6) is -1.93. The molecule has 2 heterocycles. The lowest BCUT2D eigenvalue weighted by atomic mass is 9.97. The molecule has 110 valence electrons. The number of rotatable bonds is 0. The van der Waals surface area contributed by atoms with Gasteiger partial charge < -0.3 is 9.47 Å². The molecule has 0 N–H and O–H groups in total. The Morgan fingerprint density at radius 3 is 1.59 bits per heavy atom. The van der Waals surface area contributed by atoms with E-state index in [0.29, 0.717) is 16.5 Å². The molecular weight excluding hydrogens is 288 g/mol. The molecule has 0 spiro atoms. The molecule has 2 aliphatic rings. The second-order valence-corrected chi connectivity index (χ2v) is 4.73. The number of cyclic esters (lactones) is 4. The summed E-state index contributed by atoms with van der Waals surface area (Å²) in [4.78, 5) is 42.9. The maximum absolute atomic E-state index is 11.4. The lowest BCUT2D eigenvalue weighted by Crippen LogP contribution is -2.19. The largest absolute Gasteiger partial charge is 0.393 e. The zero-order chi connectivity index (χ0) is 15.7. The maximum Gasteiger partial charge on any atom is 0.346 e. The molecule has 0 saturated carbocycles. The monoisotopic (exact) mass is 298 g/mol. The molecule has 0 amide bonds. The van der Waals surface area contributed by atoms with Crippen LogP contribution >= 0.6 is 0 Å². The van der Waals surface area contributed by atoms with Crippen LogP contribution in [0.3, 0.4) is 0 Å². The molecule has 22 heavy (non-hydrogen) atoms. The third kappa shape index (κ3) is 2.46. The number of ether oxygens (including phenoxy) is 2. The summed E-state index contributed by atoms with van der Waals surface area (Å²) in [6, 6.07) is 10.6. The van der Waals surface area contributed by atoms with Gasteiger partial charge in [-0.3, -0.25) is 9.59 Å². The molecule has 2 aliphatic heterocycles. The number of carbonyl (C=O) groups excluding carboxylic acids is 4. The van der Waals surface area contributed by atoms with Gasteiger partial charge in [0, 0.05) is 5.39 Å². The van der Waals surface area contributed by atoms with Gasteiger partial charge in [0.1, 0.15) is 0 Å². The summed E-state index contributed by atoms with van der Waals surface area (Å²) in [6.07, 6.45) is 0.525. The van der Waals surface area contributed by atoms with Crippen molar-refractivity contribution in [3.8, 4) is 0 Å². The molecule has 1 fully saturated rings. The van der Waals surface area contributed by atoms with Crippen molar-refractivity contribution in [3.05, 3.63) is 47.5 Å². The summed E-state index contributed by atoms with van der Waals surface area (Å²) >= 11 is 0. The minimum atomic E-state index is -0.565. The standard InChI is InChI=1S/C12H6O3.C4H4O3/c13-11-8-5-1-3-7-4-2-6-9(10(7)8)12(14)15-11;5-3-1-2-4(6)7-3/h1-6H;1-2H2. The normalized spacial score (nSPS) is 16.0. The van der Waals surface area contributed by atoms with E-state index in [1.54, 1.807) is 24.3 Å². The first-order valence-corrected chi connectivity index (χ1v) is 6.58. The fraction of sp³-hybridized carbons (Fsp3) is 0.125. The van der Waals surface area contributed by atoms with Crippen LogP contribution in [-0.2, 0) is 19.1 Å². The molecule has 6 heteroatoms. The van der Waals surface area contributed by atoms with Crippen LogP contribution in [0.15, 0.2) is 36.4 Å². The van der Waals surface area contributed by atoms with Crippen LogP contribution in [0.4, 0.5) is 0 Å². The Morgan fingerprint density at radius 1 is 0.682 bits per heavy atom. The van der Waals surface area contributed by atoms with Crippen LogP contribution in [0.1, 0.15) is 33.6 Å². The van der Waals surface area contributed by atoms with Crippen molar-refractivity contribution in [2.45, 2.75) is 12.8 Å². The van der Waals surface area contributed by atoms with E-state index in [2.05, 4.69) is 9.47 Å². The average Bonchev–Trinajstić information content (AvgIpc) is 2.88. The van der Waals surface area contributed by atoms with Crippen molar-refractivity contribution >= 4 is 34.6 Å². The summed E-state index contributed by atoms with van der Waals surface area (Å²) < 4.78 is 8.71. The summed E-state index contributed by atoms with van der Waals surface area (Å²) in [5, 5.41) is 1.58. The number of esters is 4. The van der Waals surface area contributed by atoms with Gasteiger partial charge in [-0.05, 0) is 17.5 Å². The molecular formula is C16H10O6. The number of hydrogen-bond acceptors (Lipinski definition) is 6. The first kappa shape index (κ1) is 13.9. The van der Waals surface area contributed by atoms with E-state index >= 15 is 0 Å². The minimum Gasteiger partial charge on any atom is -0.393 e. The van der Waals surface area contributed by atoms with Gasteiger partial charge in [-0.15, -0.1) is 0 Å². The van der Waals surface area contributed by atoms with Crippen molar-refractivity contribution in [2.75, 3.05) is 0 Å². The van der Waals surface area contributed by atoms with Gasteiger partial charge in [-0.25, -0.2) is 9.59 Å². The zero-order valence-electron chi connectivity index (χ0n) is 11.3. The van der Waals surface area contributed by atoms with Gasteiger partial charge >= 0.3 is 23.9 Å².